The number of hydrogen-bond acceptors (Lipinski definition) is 6. The van der Waals surface area contributed by atoms with E-state index in [2.05, 4.69) is 33.8 Å². The van der Waals surface area contributed by atoms with Crippen LogP contribution in [0.2, 0.25) is 0 Å². The van der Waals surface area contributed by atoms with Crippen LogP contribution in [0.25, 0.3) is 0 Å². The van der Waals surface area contributed by atoms with Crippen LogP contribution in [0, 0.1) is 46.3 Å². The normalized spacial score (nSPS) is 52.4. The third kappa shape index (κ3) is 3.78. The summed E-state index contributed by atoms with van der Waals surface area (Å²) in [6, 6.07) is 0. The first-order valence-electron chi connectivity index (χ1n) is 14.9. The summed E-state index contributed by atoms with van der Waals surface area (Å²) in [5.41, 5.74) is 1.41. The Bertz CT molecular complexity index is 980. The quantitative estimate of drug-likeness (QED) is 0.341. The molecule has 0 aromatic carbocycles. The van der Waals surface area contributed by atoms with Gasteiger partial charge in [0.05, 0.1) is 12.7 Å². The van der Waals surface area contributed by atoms with Crippen molar-refractivity contribution in [3.8, 4) is 0 Å². The second-order valence-electron chi connectivity index (χ2n) is 13.9. The Hall–Kier alpha value is -1.40. The van der Waals surface area contributed by atoms with Crippen molar-refractivity contribution in [2.75, 3.05) is 6.61 Å². The highest BCUT2D eigenvalue weighted by Gasteiger charge is 2.69. The molecule has 6 rings (SSSR count). The van der Waals surface area contributed by atoms with Gasteiger partial charge < -0.3 is 18.9 Å². The smallest absolute Gasteiger partial charge is 0.302 e. The lowest BCUT2D eigenvalue weighted by Gasteiger charge is -2.61. The molecule has 4 aliphatic carbocycles. The van der Waals surface area contributed by atoms with Crippen LogP contribution in [-0.2, 0) is 28.5 Å². The molecule has 6 aliphatic rings. The van der Waals surface area contributed by atoms with Gasteiger partial charge in [-0.15, -0.1) is 0 Å². The Morgan fingerprint density at radius 2 is 1.73 bits per heavy atom. The van der Waals surface area contributed by atoms with E-state index in [0.717, 1.165) is 58.0 Å². The molecule has 206 valence electrons. The molecule has 0 radical (unpaired) electrons. The predicted octanol–water partition coefficient (Wildman–Crippen LogP) is 5.83. The van der Waals surface area contributed by atoms with E-state index in [1.165, 1.54) is 12.5 Å². The van der Waals surface area contributed by atoms with Crippen LogP contribution in [0.4, 0.5) is 0 Å². The van der Waals surface area contributed by atoms with Crippen LogP contribution in [0.1, 0.15) is 92.9 Å². The summed E-state index contributed by atoms with van der Waals surface area (Å²) in [6.07, 6.45) is 10.6. The highest BCUT2D eigenvalue weighted by molar-refractivity contribution is 5.66. The number of rotatable bonds is 2. The minimum absolute atomic E-state index is 0.0189. The van der Waals surface area contributed by atoms with Gasteiger partial charge in [-0.05, 0) is 74.0 Å². The maximum atomic E-state index is 12.5. The molecule has 12 atom stereocenters. The Labute approximate surface area is 222 Å². The van der Waals surface area contributed by atoms with Crippen molar-refractivity contribution in [2.45, 2.75) is 117 Å². The van der Waals surface area contributed by atoms with Crippen molar-refractivity contribution in [1.29, 1.82) is 0 Å². The summed E-state index contributed by atoms with van der Waals surface area (Å²) in [5, 5.41) is 0. The van der Waals surface area contributed by atoms with Crippen LogP contribution >= 0.6 is 0 Å². The Balaban J connectivity index is 1.33. The van der Waals surface area contributed by atoms with Crippen LogP contribution in [0.5, 0.6) is 0 Å². The molecular formula is C31H46O6. The van der Waals surface area contributed by atoms with Gasteiger partial charge in [0.2, 0.25) is 0 Å². The van der Waals surface area contributed by atoms with Gasteiger partial charge >= 0.3 is 11.9 Å². The van der Waals surface area contributed by atoms with E-state index in [-0.39, 0.29) is 52.9 Å². The van der Waals surface area contributed by atoms with E-state index in [1.54, 1.807) is 6.92 Å². The van der Waals surface area contributed by atoms with Gasteiger partial charge in [-0.2, -0.15) is 0 Å². The highest BCUT2D eigenvalue weighted by atomic mass is 16.7. The number of esters is 2. The molecule has 0 amide bonds. The predicted molar refractivity (Wildman–Crippen MR) is 138 cm³/mol. The first kappa shape index (κ1) is 25.9. The van der Waals surface area contributed by atoms with E-state index >= 15 is 0 Å². The maximum absolute atomic E-state index is 12.5. The third-order valence-electron chi connectivity index (χ3n) is 12.0. The van der Waals surface area contributed by atoms with Crippen molar-refractivity contribution in [3.63, 3.8) is 0 Å². The summed E-state index contributed by atoms with van der Waals surface area (Å²) < 4.78 is 25.2. The molecule has 5 fully saturated rings. The SMILES string of the molecule is CC(=O)O[C@H]1CC[C@@]2(C)[C@@H](CC[C@H]3C4=C[C@@H]5O[C@]6(CC[C@@H](C)CO6)[C@@H](C)[C@@H]5[C@@]4(C)[C@@H](OC(C)=O)C[C@@H]32)C1. The number of ether oxygens (including phenoxy) is 4. The highest BCUT2D eigenvalue weighted by Crippen LogP contribution is 2.70. The third-order valence-corrected chi connectivity index (χ3v) is 12.0. The Morgan fingerprint density at radius 3 is 2.41 bits per heavy atom. The maximum Gasteiger partial charge on any atom is 0.302 e. The van der Waals surface area contributed by atoms with E-state index in [9.17, 15) is 9.59 Å². The van der Waals surface area contributed by atoms with Crippen molar-refractivity contribution < 1.29 is 28.5 Å². The van der Waals surface area contributed by atoms with Crippen LogP contribution in [0.15, 0.2) is 11.6 Å². The first-order chi connectivity index (χ1) is 17.5. The minimum Gasteiger partial charge on any atom is -0.463 e. The summed E-state index contributed by atoms with van der Waals surface area (Å²) in [6.45, 7) is 13.2. The Morgan fingerprint density at radius 1 is 0.973 bits per heavy atom. The zero-order chi connectivity index (χ0) is 26.3. The summed E-state index contributed by atoms with van der Waals surface area (Å²) in [7, 11) is 0. The summed E-state index contributed by atoms with van der Waals surface area (Å²) in [4.78, 5) is 24.1. The zero-order valence-electron chi connectivity index (χ0n) is 23.6. The molecule has 6 nitrogen and oxygen atoms in total. The van der Waals surface area contributed by atoms with Gasteiger partial charge in [0, 0.05) is 37.5 Å². The summed E-state index contributed by atoms with van der Waals surface area (Å²) in [5.74, 6) is 1.69. The van der Waals surface area contributed by atoms with Crippen molar-refractivity contribution in [1.82, 2.24) is 0 Å². The van der Waals surface area contributed by atoms with Gasteiger partial charge in [-0.3, -0.25) is 9.59 Å². The molecule has 2 saturated heterocycles. The van der Waals surface area contributed by atoms with E-state index in [4.69, 9.17) is 18.9 Å². The van der Waals surface area contributed by atoms with E-state index in [0.29, 0.717) is 23.7 Å². The fourth-order valence-electron chi connectivity index (χ4n) is 10.1. The second-order valence-corrected chi connectivity index (χ2v) is 13.9. The molecule has 2 heterocycles. The van der Waals surface area contributed by atoms with Crippen molar-refractivity contribution in [3.05, 3.63) is 11.6 Å². The van der Waals surface area contributed by atoms with Crippen LogP contribution in [-0.4, -0.2) is 42.6 Å². The molecular weight excluding hydrogens is 468 g/mol. The van der Waals surface area contributed by atoms with Crippen molar-refractivity contribution >= 4 is 11.9 Å². The topological polar surface area (TPSA) is 71.1 Å². The summed E-state index contributed by atoms with van der Waals surface area (Å²) >= 11 is 0. The van der Waals surface area contributed by atoms with E-state index < -0.39 is 5.79 Å². The van der Waals surface area contributed by atoms with Gasteiger partial charge in [0.25, 0.3) is 0 Å². The molecule has 3 saturated carbocycles. The fraction of sp³-hybridized carbons (Fsp3) is 0.871. The molecule has 0 N–H and O–H groups in total. The van der Waals surface area contributed by atoms with Gasteiger partial charge in [-0.25, -0.2) is 0 Å². The molecule has 6 heteroatoms. The molecule has 0 aromatic heterocycles. The van der Waals surface area contributed by atoms with Crippen LogP contribution < -0.4 is 0 Å². The first-order valence-corrected chi connectivity index (χ1v) is 14.9. The monoisotopic (exact) mass is 514 g/mol. The van der Waals surface area contributed by atoms with Crippen molar-refractivity contribution in [2.24, 2.45) is 46.3 Å². The fourth-order valence-corrected chi connectivity index (χ4v) is 10.1. The van der Waals surface area contributed by atoms with E-state index in [1.807, 2.05) is 0 Å². The lowest BCUT2D eigenvalue weighted by molar-refractivity contribution is -0.265. The molecule has 2 aliphatic heterocycles. The molecule has 0 aromatic rings. The lowest BCUT2D eigenvalue weighted by Crippen LogP contribution is -2.58. The second kappa shape index (κ2) is 8.81. The molecule has 0 unspecified atom stereocenters. The number of fused-ring (bicyclic) bond motifs is 7. The largest absolute Gasteiger partial charge is 0.463 e. The average molecular weight is 515 g/mol. The number of carbonyl (C=O) groups is 2. The van der Waals surface area contributed by atoms with Gasteiger partial charge in [0.1, 0.15) is 12.2 Å². The lowest BCUT2D eigenvalue weighted by atomic mass is 9.45. The van der Waals surface area contributed by atoms with Gasteiger partial charge in [0.15, 0.2) is 5.79 Å². The number of carbonyl (C=O) groups excluding carboxylic acids is 2. The van der Waals surface area contributed by atoms with Gasteiger partial charge in [-0.1, -0.05) is 39.3 Å². The molecule has 1 spiro atoms. The molecule has 37 heavy (non-hydrogen) atoms. The number of hydrogen-bond donors (Lipinski definition) is 0. The Kier molecular flexibility index (Phi) is 6.15. The standard InChI is InChI=1S/C31H46O6/c1-17-9-12-31(34-16-17)18(2)28-26(37-31)14-25-23-8-7-21-13-22(35-19(3)32)10-11-29(21,5)24(23)15-27(30(25,28)6)36-20(4)33/h14,17-18,21-24,26-28H,7-13,15-16H2,1-6H3/t17-,18+,21+,22+,23-,24+,26+,27+,28+,29+,30-,31-/m1/s1. The molecule has 0 bridgehead atoms. The zero-order valence-corrected chi connectivity index (χ0v) is 23.6. The van der Waals surface area contributed by atoms with Crippen LogP contribution in [0.3, 0.4) is 0 Å². The average Bonchev–Trinajstić information content (AvgIpc) is 3.27. The minimum atomic E-state index is -0.511.